The third kappa shape index (κ3) is 5.76. The fraction of sp³-hybridized carbons (Fsp3) is 0.588. The minimum Gasteiger partial charge on any atom is -0.481 e. The average Bonchev–Trinajstić information content (AvgIpc) is 2.42. The van der Waals surface area contributed by atoms with Crippen LogP contribution in [0.25, 0.3) is 0 Å². The molecule has 3 N–H and O–H groups in total. The quantitative estimate of drug-likeness (QED) is 0.774. The van der Waals surface area contributed by atoms with Crippen LogP contribution in [-0.4, -0.2) is 24.6 Å². The van der Waals surface area contributed by atoms with Gasteiger partial charge in [0.2, 0.25) is 0 Å². The number of rotatable bonds is 8. The predicted octanol–water partition coefficient (Wildman–Crippen LogP) is 2.57. The molecule has 21 heavy (non-hydrogen) atoms. The summed E-state index contributed by atoms with van der Waals surface area (Å²) in [4.78, 5) is 12.1. The molecule has 1 rings (SSSR count). The van der Waals surface area contributed by atoms with Crippen molar-refractivity contribution in [1.82, 2.24) is 5.32 Å². The van der Waals surface area contributed by atoms with Crippen molar-refractivity contribution in [2.75, 3.05) is 6.54 Å². The van der Waals surface area contributed by atoms with Crippen LogP contribution in [0.1, 0.15) is 44.7 Å². The summed E-state index contributed by atoms with van der Waals surface area (Å²) >= 11 is 0. The molecule has 0 aliphatic rings. The number of aryl methyl sites for hydroxylation is 1. The maximum absolute atomic E-state index is 12.1. The summed E-state index contributed by atoms with van der Waals surface area (Å²) < 4.78 is 5.83. The van der Waals surface area contributed by atoms with Gasteiger partial charge in [0.1, 0.15) is 5.75 Å². The van der Waals surface area contributed by atoms with E-state index in [0.717, 1.165) is 30.6 Å². The Bertz CT molecular complexity index is 460. The SMILES string of the molecule is CCCC(C)NC(=O)C(C)Oc1ccc(C)cc1CCN. The minimum atomic E-state index is -0.511. The van der Waals surface area contributed by atoms with Crippen LogP contribution in [-0.2, 0) is 11.2 Å². The van der Waals surface area contributed by atoms with Crippen LogP contribution < -0.4 is 15.8 Å². The van der Waals surface area contributed by atoms with E-state index in [9.17, 15) is 4.79 Å². The van der Waals surface area contributed by atoms with Crippen molar-refractivity contribution < 1.29 is 9.53 Å². The topological polar surface area (TPSA) is 64.3 Å². The molecule has 0 bridgehead atoms. The highest BCUT2D eigenvalue weighted by Crippen LogP contribution is 2.21. The van der Waals surface area contributed by atoms with Gasteiger partial charge in [0.15, 0.2) is 6.10 Å². The molecule has 2 unspecified atom stereocenters. The number of carbonyl (C=O) groups excluding carboxylic acids is 1. The molecule has 118 valence electrons. The lowest BCUT2D eigenvalue weighted by molar-refractivity contribution is -0.127. The van der Waals surface area contributed by atoms with E-state index in [0.29, 0.717) is 6.54 Å². The molecule has 4 heteroatoms. The van der Waals surface area contributed by atoms with Gasteiger partial charge in [-0.15, -0.1) is 0 Å². The fourth-order valence-electron chi connectivity index (χ4n) is 2.28. The summed E-state index contributed by atoms with van der Waals surface area (Å²) in [7, 11) is 0. The van der Waals surface area contributed by atoms with E-state index in [1.54, 1.807) is 6.92 Å². The molecule has 0 aromatic heterocycles. The lowest BCUT2D eigenvalue weighted by Gasteiger charge is -2.20. The molecule has 2 atom stereocenters. The van der Waals surface area contributed by atoms with Crippen molar-refractivity contribution in [2.24, 2.45) is 5.73 Å². The minimum absolute atomic E-state index is 0.0739. The number of hydrogen-bond acceptors (Lipinski definition) is 3. The first-order valence-electron chi connectivity index (χ1n) is 7.74. The standard InChI is InChI=1S/C17H28N2O2/c1-5-6-13(3)19-17(20)14(4)21-16-8-7-12(2)11-15(16)9-10-18/h7-8,11,13-14H,5-6,9-10,18H2,1-4H3,(H,19,20). The molecule has 0 heterocycles. The van der Waals surface area contributed by atoms with Gasteiger partial charge in [-0.05, 0) is 51.8 Å². The maximum atomic E-state index is 12.1. The molecular formula is C17H28N2O2. The summed E-state index contributed by atoms with van der Waals surface area (Å²) in [6, 6.07) is 6.14. The van der Waals surface area contributed by atoms with Gasteiger partial charge >= 0.3 is 0 Å². The first-order valence-corrected chi connectivity index (χ1v) is 7.74. The van der Waals surface area contributed by atoms with Crippen molar-refractivity contribution in [3.8, 4) is 5.75 Å². The Morgan fingerprint density at radius 2 is 2.10 bits per heavy atom. The van der Waals surface area contributed by atoms with Gasteiger partial charge in [0.05, 0.1) is 0 Å². The van der Waals surface area contributed by atoms with Gasteiger partial charge in [-0.3, -0.25) is 4.79 Å². The third-order valence-corrected chi connectivity index (χ3v) is 3.41. The van der Waals surface area contributed by atoms with Crippen LogP contribution in [0.4, 0.5) is 0 Å². The number of carbonyl (C=O) groups is 1. The van der Waals surface area contributed by atoms with E-state index in [2.05, 4.69) is 18.3 Å². The van der Waals surface area contributed by atoms with Gasteiger partial charge in [-0.25, -0.2) is 0 Å². The molecule has 0 fully saturated rings. The molecule has 4 nitrogen and oxygen atoms in total. The van der Waals surface area contributed by atoms with Gasteiger partial charge < -0.3 is 15.8 Å². The summed E-state index contributed by atoms with van der Waals surface area (Å²) in [5.74, 6) is 0.673. The van der Waals surface area contributed by atoms with E-state index in [1.165, 1.54) is 5.56 Å². The molecule has 0 saturated carbocycles. The Kier molecular flexibility index (Phi) is 7.23. The molecule has 0 aliphatic heterocycles. The van der Waals surface area contributed by atoms with E-state index >= 15 is 0 Å². The second kappa shape index (κ2) is 8.67. The molecule has 0 spiro atoms. The van der Waals surface area contributed by atoms with Gasteiger partial charge in [0.25, 0.3) is 5.91 Å². The molecule has 1 aromatic carbocycles. The van der Waals surface area contributed by atoms with Gasteiger partial charge in [-0.1, -0.05) is 31.0 Å². The molecule has 0 aliphatic carbocycles. The van der Waals surface area contributed by atoms with Crippen molar-refractivity contribution in [3.63, 3.8) is 0 Å². The van der Waals surface area contributed by atoms with Crippen LogP contribution in [0.5, 0.6) is 5.75 Å². The monoisotopic (exact) mass is 292 g/mol. The van der Waals surface area contributed by atoms with Crippen LogP contribution in [0.3, 0.4) is 0 Å². The van der Waals surface area contributed by atoms with Crippen molar-refractivity contribution in [3.05, 3.63) is 29.3 Å². The zero-order chi connectivity index (χ0) is 15.8. The number of amides is 1. The van der Waals surface area contributed by atoms with Gasteiger partial charge in [-0.2, -0.15) is 0 Å². The van der Waals surface area contributed by atoms with Crippen LogP contribution >= 0.6 is 0 Å². The number of hydrogen-bond donors (Lipinski definition) is 2. The Labute approximate surface area is 128 Å². The Morgan fingerprint density at radius 3 is 2.71 bits per heavy atom. The molecule has 1 aromatic rings. The highest BCUT2D eigenvalue weighted by atomic mass is 16.5. The van der Waals surface area contributed by atoms with Crippen molar-refractivity contribution in [1.29, 1.82) is 0 Å². The second-order valence-corrected chi connectivity index (χ2v) is 5.61. The van der Waals surface area contributed by atoms with Crippen LogP contribution in [0.2, 0.25) is 0 Å². The number of nitrogens with two attached hydrogens (primary N) is 1. The number of benzene rings is 1. The molecule has 0 radical (unpaired) electrons. The highest BCUT2D eigenvalue weighted by molar-refractivity contribution is 5.81. The predicted molar refractivity (Wildman–Crippen MR) is 86.5 cm³/mol. The van der Waals surface area contributed by atoms with Crippen molar-refractivity contribution >= 4 is 5.91 Å². The molecular weight excluding hydrogens is 264 g/mol. The van der Waals surface area contributed by atoms with E-state index in [1.807, 2.05) is 26.0 Å². The fourth-order valence-corrected chi connectivity index (χ4v) is 2.28. The summed E-state index contributed by atoms with van der Waals surface area (Å²) in [5, 5.41) is 2.98. The first-order chi connectivity index (χ1) is 9.97. The first kappa shape index (κ1) is 17.5. The number of nitrogens with one attached hydrogen (secondary N) is 1. The van der Waals surface area contributed by atoms with E-state index in [-0.39, 0.29) is 11.9 Å². The summed E-state index contributed by atoms with van der Waals surface area (Å²) in [5.41, 5.74) is 7.86. The molecule has 0 saturated heterocycles. The van der Waals surface area contributed by atoms with E-state index < -0.39 is 6.10 Å². The van der Waals surface area contributed by atoms with Crippen molar-refractivity contribution in [2.45, 2.75) is 59.1 Å². The number of ether oxygens (including phenoxy) is 1. The summed E-state index contributed by atoms with van der Waals surface area (Å²) in [6.07, 6.45) is 2.26. The third-order valence-electron chi connectivity index (χ3n) is 3.41. The zero-order valence-electron chi connectivity index (χ0n) is 13.6. The average molecular weight is 292 g/mol. The lowest BCUT2D eigenvalue weighted by atomic mass is 10.1. The Balaban J connectivity index is 2.69. The van der Waals surface area contributed by atoms with Crippen LogP contribution in [0, 0.1) is 6.92 Å². The lowest BCUT2D eigenvalue weighted by Crippen LogP contribution is -2.41. The summed E-state index contributed by atoms with van der Waals surface area (Å²) in [6.45, 7) is 8.49. The zero-order valence-corrected chi connectivity index (χ0v) is 13.6. The Morgan fingerprint density at radius 1 is 1.38 bits per heavy atom. The van der Waals surface area contributed by atoms with E-state index in [4.69, 9.17) is 10.5 Å². The highest BCUT2D eigenvalue weighted by Gasteiger charge is 2.17. The van der Waals surface area contributed by atoms with Crippen LogP contribution in [0.15, 0.2) is 18.2 Å². The molecule has 1 amide bonds. The second-order valence-electron chi connectivity index (χ2n) is 5.61. The Hall–Kier alpha value is -1.55. The largest absolute Gasteiger partial charge is 0.481 e. The normalized spacial score (nSPS) is 13.6. The van der Waals surface area contributed by atoms with Gasteiger partial charge in [0, 0.05) is 6.04 Å². The maximum Gasteiger partial charge on any atom is 0.260 e. The smallest absolute Gasteiger partial charge is 0.260 e.